The second-order valence-corrected chi connectivity index (χ2v) is 9.04. The molecule has 5 heteroatoms. The molecule has 1 atom stereocenters. The minimum absolute atomic E-state index is 0.177. The molecule has 0 aliphatic carbocycles. The lowest BCUT2D eigenvalue weighted by Gasteiger charge is -2.32. The first-order valence-electron chi connectivity index (χ1n) is 10.2. The fourth-order valence-corrected chi connectivity index (χ4v) is 4.98. The SMILES string of the molecule is CCCC(C(=O)OCC)c1cc(C#Cc2ccc3c(c2)C(C)(C)CCS3)cnn1. The van der Waals surface area contributed by atoms with Crippen molar-refractivity contribution in [2.24, 2.45) is 0 Å². The van der Waals surface area contributed by atoms with E-state index >= 15 is 0 Å². The molecule has 0 saturated heterocycles. The molecule has 0 spiro atoms. The number of aromatic nitrogens is 2. The molecular formula is C24H28N2O2S. The average Bonchev–Trinajstić information content (AvgIpc) is 2.71. The number of nitrogens with zero attached hydrogens (tertiary/aromatic N) is 2. The summed E-state index contributed by atoms with van der Waals surface area (Å²) in [7, 11) is 0. The molecule has 1 aliphatic heterocycles. The second kappa shape index (κ2) is 9.45. The van der Waals surface area contributed by atoms with Gasteiger partial charge in [0.1, 0.15) is 5.92 Å². The topological polar surface area (TPSA) is 52.1 Å². The van der Waals surface area contributed by atoms with Crippen LogP contribution < -0.4 is 0 Å². The molecule has 0 radical (unpaired) electrons. The van der Waals surface area contributed by atoms with Crippen LogP contribution in [0.4, 0.5) is 0 Å². The first-order chi connectivity index (χ1) is 13.9. The van der Waals surface area contributed by atoms with Gasteiger partial charge >= 0.3 is 5.97 Å². The lowest BCUT2D eigenvalue weighted by atomic mass is 9.81. The number of carbonyl (C=O) groups is 1. The van der Waals surface area contributed by atoms with Crippen LogP contribution in [0.1, 0.15) is 75.3 Å². The van der Waals surface area contributed by atoms with Crippen LogP contribution in [0.3, 0.4) is 0 Å². The van der Waals surface area contributed by atoms with E-state index in [0.29, 0.717) is 18.7 Å². The Morgan fingerprint density at radius 3 is 2.79 bits per heavy atom. The predicted molar refractivity (Wildman–Crippen MR) is 117 cm³/mol. The molecule has 3 rings (SSSR count). The number of fused-ring (bicyclic) bond motifs is 1. The van der Waals surface area contributed by atoms with Gasteiger partial charge in [-0.1, -0.05) is 39.0 Å². The Kier molecular flexibility index (Phi) is 6.97. The maximum Gasteiger partial charge on any atom is 0.315 e. The Balaban J connectivity index is 1.86. The van der Waals surface area contributed by atoms with Crippen LogP contribution in [-0.2, 0) is 14.9 Å². The smallest absolute Gasteiger partial charge is 0.315 e. The molecule has 152 valence electrons. The summed E-state index contributed by atoms with van der Waals surface area (Å²) in [5, 5.41) is 8.24. The highest BCUT2D eigenvalue weighted by Gasteiger charge is 2.27. The van der Waals surface area contributed by atoms with Crippen molar-refractivity contribution in [3.05, 3.63) is 52.8 Å². The zero-order valence-electron chi connectivity index (χ0n) is 17.6. The molecule has 0 bridgehead atoms. The molecule has 2 aromatic rings. The molecule has 0 amide bonds. The largest absolute Gasteiger partial charge is 0.465 e. The summed E-state index contributed by atoms with van der Waals surface area (Å²) in [5.74, 6) is 6.97. The lowest BCUT2D eigenvalue weighted by Crippen LogP contribution is -2.22. The van der Waals surface area contributed by atoms with E-state index in [1.807, 2.05) is 31.7 Å². The molecule has 1 unspecified atom stereocenters. The van der Waals surface area contributed by atoms with Crippen LogP contribution in [0.15, 0.2) is 35.4 Å². The van der Waals surface area contributed by atoms with E-state index in [4.69, 9.17) is 4.74 Å². The monoisotopic (exact) mass is 408 g/mol. The van der Waals surface area contributed by atoms with Gasteiger partial charge in [0.05, 0.1) is 18.5 Å². The molecule has 0 saturated carbocycles. The van der Waals surface area contributed by atoms with Crippen molar-refractivity contribution in [3.63, 3.8) is 0 Å². The normalized spacial score (nSPS) is 15.6. The van der Waals surface area contributed by atoms with Gasteiger partial charge in [0.2, 0.25) is 0 Å². The van der Waals surface area contributed by atoms with Crippen LogP contribution in [0.5, 0.6) is 0 Å². The third-order valence-corrected chi connectivity index (χ3v) is 6.30. The fourth-order valence-electron chi connectivity index (χ4n) is 3.50. The molecule has 0 N–H and O–H groups in total. The molecule has 0 fully saturated rings. The first kappa shape index (κ1) is 21.4. The van der Waals surface area contributed by atoms with E-state index in [-0.39, 0.29) is 11.4 Å². The third kappa shape index (κ3) is 5.19. The number of hydrogen-bond acceptors (Lipinski definition) is 5. The molecule has 4 nitrogen and oxygen atoms in total. The van der Waals surface area contributed by atoms with Crippen molar-refractivity contribution in [3.8, 4) is 11.8 Å². The van der Waals surface area contributed by atoms with E-state index in [2.05, 4.69) is 54.1 Å². The van der Waals surface area contributed by atoms with E-state index in [1.165, 1.54) is 16.9 Å². The lowest BCUT2D eigenvalue weighted by molar-refractivity contribution is -0.145. The van der Waals surface area contributed by atoms with Gasteiger partial charge in [-0.15, -0.1) is 11.8 Å². The highest BCUT2D eigenvalue weighted by Crippen LogP contribution is 2.41. The Labute approximate surface area is 177 Å². The Morgan fingerprint density at radius 1 is 1.24 bits per heavy atom. The van der Waals surface area contributed by atoms with Gasteiger partial charge in [0, 0.05) is 16.0 Å². The minimum Gasteiger partial charge on any atom is -0.465 e. The van der Waals surface area contributed by atoms with Crippen LogP contribution in [0, 0.1) is 11.8 Å². The Hall–Kier alpha value is -2.32. The van der Waals surface area contributed by atoms with Gasteiger partial charge in [-0.3, -0.25) is 4.79 Å². The van der Waals surface area contributed by atoms with Crippen molar-refractivity contribution in [2.75, 3.05) is 12.4 Å². The molecule has 1 aromatic carbocycles. The maximum atomic E-state index is 12.3. The quantitative estimate of drug-likeness (QED) is 0.509. The van der Waals surface area contributed by atoms with E-state index < -0.39 is 5.92 Å². The van der Waals surface area contributed by atoms with Crippen LogP contribution in [-0.4, -0.2) is 28.5 Å². The van der Waals surface area contributed by atoms with E-state index in [0.717, 1.165) is 23.3 Å². The summed E-state index contributed by atoms with van der Waals surface area (Å²) in [6.07, 6.45) is 4.36. The molecule has 1 aliphatic rings. The van der Waals surface area contributed by atoms with Crippen molar-refractivity contribution < 1.29 is 9.53 Å². The molecule has 2 heterocycles. The molecule has 29 heavy (non-hydrogen) atoms. The van der Waals surface area contributed by atoms with Gasteiger partial charge < -0.3 is 4.74 Å². The summed E-state index contributed by atoms with van der Waals surface area (Å²) in [6.45, 7) is 8.81. The average molecular weight is 409 g/mol. The number of ether oxygens (including phenoxy) is 1. The van der Waals surface area contributed by atoms with Gasteiger partial charge in [-0.2, -0.15) is 10.2 Å². The Bertz CT molecular complexity index is 943. The summed E-state index contributed by atoms with van der Waals surface area (Å²) in [4.78, 5) is 13.7. The predicted octanol–water partition coefficient (Wildman–Crippen LogP) is 5.10. The van der Waals surface area contributed by atoms with Gasteiger partial charge in [-0.05, 0) is 60.8 Å². The Morgan fingerprint density at radius 2 is 2.03 bits per heavy atom. The molecule has 1 aromatic heterocycles. The zero-order valence-corrected chi connectivity index (χ0v) is 18.4. The van der Waals surface area contributed by atoms with Crippen molar-refractivity contribution >= 4 is 17.7 Å². The van der Waals surface area contributed by atoms with Gasteiger partial charge in [0.15, 0.2) is 0 Å². The fraction of sp³-hybridized carbons (Fsp3) is 0.458. The van der Waals surface area contributed by atoms with E-state index in [9.17, 15) is 4.79 Å². The summed E-state index contributed by atoms with van der Waals surface area (Å²) in [5.41, 5.74) is 3.93. The van der Waals surface area contributed by atoms with Crippen LogP contribution in [0.25, 0.3) is 0 Å². The molecular weight excluding hydrogens is 380 g/mol. The number of thioether (sulfide) groups is 1. The maximum absolute atomic E-state index is 12.3. The number of benzene rings is 1. The highest BCUT2D eigenvalue weighted by molar-refractivity contribution is 7.99. The zero-order chi connectivity index (χ0) is 20.9. The second-order valence-electron chi connectivity index (χ2n) is 7.91. The van der Waals surface area contributed by atoms with E-state index in [1.54, 1.807) is 6.20 Å². The summed E-state index contributed by atoms with van der Waals surface area (Å²) in [6, 6.07) is 8.32. The van der Waals surface area contributed by atoms with Gasteiger partial charge in [0.25, 0.3) is 0 Å². The van der Waals surface area contributed by atoms with Crippen molar-refractivity contribution in [1.82, 2.24) is 10.2 Å². The third-order valence-electron chi connectivity index (χ3n) is 5.22. The number of hydrogen-bond donors (Lipinski definition) is 0. The summed E-state index contributed by atoms with van der Waals surface area (Å²) >= 11 is 1.92. The number of esters is 1. The highest BCUT2D eigenvalue weighted by atomic mass is 32.2. The minimum atomic E-state index is -0.393. The van der Waals surface area contributed by atoms with Gasteiger partial charge in [-0.25, -0.2) is 0 Å². The summed E-state index contributed by atoms with van der Waals surface area (Å²) < 4.78 is 5.21. The number of carbonyl (C=O) groups excluding carboxylic acids is 1. The standard InChI is InChI=1S/C24H28N2O2S/c1-5-7-19(23(27)28-6-2)21-15-18(16-25-26-21)9-8-17-10-11-22-20(14-17)24(3,4)12-13-29-22/h10-11,14-16,19H,5-7,12-13H2,1-4H3. The number of rotatable bonds is 5. The van der Waals surface area contributed by atoms with Crippen LogP contribution in [0.2, 0.25) is 0 Å². The van der Waals surface area contributed by atoms with Crippen LogP contribution >= 0.6 is 11.8 Å². The van der Waals surface area contributed by atoms with Crippen molar-refractivity contribution in [1.29, 1.82) is 0 Å². The first-order valence-corrected chi connectivity index (χ1v) is 11.2. The van der Waals surface area contributed by atoms with Crippen molar-refractivity contribution in [2.45, 2.75) is 63.2 Å².